The molecule has 1 saturated carbocycles. The fourth-order valence-corrected chi connectivity index (χ4v) is 1.23. The monoisotopic (exact) mass is 116 g/mol. The van der Waals surface area contributed by atoms with Gasteiger partial charge in [0.2, 0.25) is 0 Å². The molecule has 2 nitrogen and oxygen atoms in total. The van der Waals surface area contributed by atoms with E-state index in [0.717, 1.165) is 19.3 Å². The Morgan fingerprint density at radius 1 is 1.38 bits per heavy atom. The second kappa shape index (κ2) is 2.46. The van der Waals surface area contributed by atoms with Gasteiger partial charge in [-0.15, -0.1) is 0 Å². The van der Waals surface area contributed by atoms with Crippen LogP contribution in [0.5, 0.6) is 0 Å². The Labute approximate surface area is 49.1 Å². The quantitative estimate of drug-likeness (QED) is 0.511. The van der Waals surface area contributed by atoms with Gasteiger partial charge in [0.1, 0.15) is 0 Å². The van der Waals surface area contributed by atoms with Crippen molar-refractivity contribution in [2.75, 3.05) is 6.61 Å². The summed E-state index contributed by atoms with van der Waals surface area (Å²) in [6, 6.07) is 0. The first kappa shape index (κ1) is 6.05. The molecule has 0 spiro atoms. The summed E-state index contributed by atoms with van der Waals surface area (Å²) in [7, 11) is 0. The van der Waals surface area contributed by atoms with Crippen LogP contribution >= 0.6 is 0 Å². The number of aliphatic hydroxyl groups is 2. The molecule has 0 saturated heterocycles. The van der Waals surface area contributed by atoms with Crippen molar-refractivity contribution < 1.29 is 10.2 Å². The van der Waals surface area contributed by atoms with Gasteiger partial charge in [-0.05, 0) is 12.8 Å². The van der Waals surface area contributed by atoms with E-state index in [1.54, 1.807) is 0 Å². The lowest BCUT2D eigenvalue weighted by Gasteiger charge is -2.08. The van der Waals surface area contributed by atoms with Crippen LogP contribution < -0.4 is 0 Å². The average Bonchev–Trinajstić information content (AvgIpc) is 2.14. The minimum atomic E-state index is -0.222. The predicted octanol–water partition coefficient (Wildman–Crippen LogP) is 0.140. The van der Waals surface area contributed by atoms with Crippen LogP contribution in [-0.2, 0) is 0 Å². The zero-order valence-electron chi connectivity index (χ0n) is 4.88. The van der Waals surface area contributed by atoms with Crippen molar-refractivity contribution in [1.82, 2.24) is 0 Å². The number of rotatable bonds is 1. The third-order valence-corrected chi connectivity index (χ3v) is 1.85. The Bertz CT molecular complexity index is 72.9. The lowest BCUT2D eigenvalue weighted by Crippen LogP contribution is -2.16. The van der Waals surface area contributed by atoms with Crippen LogP contribution in [0.25, 0.3) is 0 Å². The minimum Gasteiger partial charge on any atom is -0.396 e. The maximum absolute atomic E-state index is 9.03. The molecule has 0 heterocycles. The smallest absolute Gasteiger partial charge is 0.0590 e. The first-order valence-corrected chi connectivity index (χ1v) is 3.13. The lowest BCUT2D eigenvalue weighted by molar-refractivity contribution is 0.0909. The number of hydrogen-bond donors (Lipinski definition) is 2. The molecule has 0 bridgehead atoms. The molecule has 0 radical (unpaired) electrons. The first-order chi connectivity index (χ1) is 3.84. The highest BCUT2D eigenvalue weighted by molar-refractivity contribution is 4.74. The van der Waals surface area contributed by atoms with Crippen LogP contribution in [0.3, 0.4) is 0 Å². The maximum Gasteiger partial charge on any atom is 0.0590 e. The predicted molar refractivity (Wildman–Crippen MR) is 30.4 cm³/mol. The van der Waals surface area contributed by atoms with Gasteiger partial charge < -0.3 is 10.2 Å². The zero-order chi connectivity index (χ0) is 5.98. The van der Waals surface area contributed by atoms with Crippen LogP contribution in [0.4, 0.5) is 0 Å². The van der Waals surface area contributed by atoms with Gasteiger partial charge in [-0.1, -0.05) is 6.42 Å². The SMILES string of the molecule is OCC1CCC[C@@H]1O. The standard InChI is InChI=1S/C6H12O2/c7-4-5-2-1-3-6(5)8/h5-8H,1-4H2/t5?,6-/m0/s1. The Kier molecular flexibility index (Phi) is 1.86. The van der Waals surface area contributed by atoms with Gasteiger partial charge in [0.25, 0.3) is 0 Å². The van der Waals surface area contributed by atoms with E-state index >= 15 is 0 Å². The highest BCUT2D eigenvalue weighted by Crippen LogP contribution is 2.24. The molecule has 1 fully saturated rings. The van der Waals surface area contributed by atoms with E-state index in [9.17, 15) is 0 Å². The third-order valence-electron chi connectivity index (χ3n) is 1.85. The summed E-state index contributed by atoms with van der Waals surface area (Å²) >= 11 is 0. The largest absolute Gasteiger partial charge is 0.396 e. The van der Waals surface area contributed by atoms with Crippen molar-refractivity contribution in [3.63, 3.8) is 0 Å². The molecular weight excluding hydrogens is 104 g/mol. The molecule has 0 amide bonds. The summed E-state index contributed by atoms with van der Waals surface area (Å²) in [6.45, 7) is 0.154. The van der Waals surface area contributed by atoms with Crippen molar-refractivity contribution in [2.24, 2.45) is 5.92 Å². The number of aliphatic hydroxyl groups excluding tert-OH is 2. The molecule has 8 heavy (non-hydrogen) atoms. The molecule has 0 aromatic heterocycles. The van der Waals surface area contributed by atoms with Crippen molar-refractivity contribution in [3.05, 3.63) is 0 Å². The van der Waals surface area contributed by atoms with E-state index in [0.29, 0.717) is 0 Å². The molecule has 48 valence electrons. The van der Waals surface area contributed by atoms with Crippen LogP contribution in [-0.4, -0.2) is 22.9 Å². The third kappa shape index (κ3) is 1.01. The van der Waals surface area contributed by atoms with Crippen molar-refractivity contribution in [2.45, 2.75) is 25.4 Å². The summed E-state index contributed by atoms with van der Waals surface area (Å²) < 4.78 is 0. The summed E-state index contributed by atoms with van der Waals surface area (Å²) in [4.78, 5) is 0. The van der Waals surface area contributed by atoms with Gasteiger partial charge in [0, 0.05) is 12.5 Å². The topological polar surface area (TPSA) is 40.5 Å². The van der Waals surface area contributed by atoms with Gasteiger partial charge in [-0.3, -0.25) is 0 Å². The second-order valence-electron chi connectivity index (χ2n) is 2.44. The van der Waals surface area contributed by atoms with E-state index in [4.69, 9.17) is 10.2 Å². The van der Waals surface area contributed by atoms with Crippen LogP contribution in [0.15, 0.2) is 0 Å². The minimum absolute atomic E-state index is 0.154. The van der Waals surface area contributed by atoms with E-state index in [1.165, 1.54) is 0 Å². The first-order valence-electron chi connectivity index (χ1n) is 3.13. The average molecular weight is 116 g/mol. The van der Waals surface area contributed by atoms with E-state index in [1.807, 2.05) is 0 Å². The highest BCUT2D eigenvalue weighted by Gasteiger charge is 2.23. The summed E-state index contributed by atoms with van der Waals surface area (Å²) in [5.41, 5.74) is 0. The van der Waals surface area contributed by atoms with Crippen LogP contribution in [0.1, 0.15) is 19.3 Å². The maximum atomic E-state index is 9.03. The molecule has 2 heteroatoms. The molecular formula is C6H12O2. The fourth-order valence-electron chi connectivity index (χ4n) is 1.23. The van der Waals surface area contributed by atoms with Crippen molar-refractivity contribution in [1.29, 1.82) is 0 Å². The molecule has 1 rings (SSSR count). The van der Waals surface area contributed by atoms with Gasteiger partial charge in [-0.25, -0.2) is 0 Å². The Morgan fingerprint density at radius 3 is 2.38 bits per heavy atom. The van der Waals surface area contributed by atoms with E-state index in [-0.39, 0.29) is 18.6 Å². The molecule has 2 atom stereocenters. The Morgan fingerprint density at radius 2 is 2.12 bits per heavy atom. The molecule has 0 aromatic rings. The molecule has 0 aromatic carbocycles. The van der Waals surface area contributed by atoms with Gasteiger partial charge >= 0.3 is 0 Å². The highest BCUT2D eigenvalue weighted by atomic mass is 16.3. The van der Waals surface area contributed by atoms with Crippen LogP contribution in [0, 0.1) is 5.92 Å². The Balaban J connectivity index is 2.30. The lowest BCUT2D eigenvalue weighted by atomic mass is 10.1. The molecule has 2 N–H and O–H groups in total. The van der Waals surface area contributed by atoms with Crippen molar-refractivity contribution in [3.8, 4) is 0 Å². The molecule has 0 aliphatic heterocycles. The second-order valence-corrected chi connectivity index (χ2v) is 2.44. The summed E-state index contributed by atoms with van der Waals surface area (Å²) in [6.07, 6.45) is 2.73. The van der Waals surface area contributed by atoms with E-state index < -0.39 is 0 Å². The number of hydrogen-bond acceptors (Lipinski definition) is 2. The summed E-state index contributed by atoms with van der Waals surface area (Å²) in [5, 5.41) is 17.6. The van der Waals surface area contributed by atoms with Crippen LogP contribution in [0.2, 0.25) is 0 Å². The van der Waals surface area contributed by atoms with E-state index in [2.05, 4.69) is 0 Å². The van der Waals surface area contributed by atoms with Gasteiger partial charge in [-0.2, -0.15) is 0 Å². The molecule has 1 aliphatic carbocycles. The molecule has 1 unspecified atom stereocenters. The fraction of sp³-hybridized carbons (Fsp3) is 1.00. The van der Waals surface area contributed by atoms with Gasteiger partial charge in [0.05, 0.1) is 6.10 Å². The van der Waals surface area contributed by atoms with Gasteiger partial charge in [0.15, 0.2) is 0 Å². The zero-order valence-corrected chi connectivity index (χ0v) is 4.88. The normalized spacial score (nSPS) is 38.2. The molecule has 1 aliphatic rings. The Hall–Kier alpha value is -0.0800. The summed E-state index contributed by atoms with van der Waals surface area (Å²) in [5.74, 6) is 0.176. The van der Waals surface area contributed by atoms with Crippen molar-refractivity contribution >= 4 is 0 Å².